The molecule has 10 heteroatoms. The SMILES string of the molecule is O=C(CSc1nnc(-c2ccccc2)n1-c1ccccc1)N/N=C\c1cccc(C(F)(F)F)c1. The number of hydrogen-bond donors (Lipinski definition) is 1. The summed E-state index contributed by atoms with van der Waals surface area (Å²) in [5, 5.41) is 12.8. The van der Waals surface area contributed by atoms with Crippen LogP contribution >= 0.6 is 11.8 Å². The third-order valence-electron chi connectivity index (χ3n) is 4.63. The molecular weight excluding hydrogens is 463 g/mol. The van der Waals surface area contributed by atoms with E-state index in [0.29, 0.717) is 11.0 Å². The fraction of sp³-hybridized carbons (Fsp3) is 0.0833. The summed E-state index contributed by atoms with van der Waals surface area (Å²) in [5.41, 5.74) is 3.49. The average Bonchev–Trinajstić information content (AvgIpc) is 3.27. The van der Waals surface area contributed by atoms with Gasteiger partial charge >= 0.3 is 6.18 Å². The van der Waals surface area contributed by atoms with Crippen LogP contribution in [0.2, 0.25) is 0 Å². The lowest BCUT2D eigenvalue weighted by atomic mass is 10.1. The van der Waals surface area contributed by atoms with E-state index in [-0.39, 0.29) is 11.3 Å². The molecule has 0 bridgehead atoms. The van der Waals surface area contributed by atoms with Crippen LogP contribution in [-0.2, 0) is 11.0 Å². The van der Waals surface area contributed by atoms with Gasteiger partial charge in [0.05, 0.1) is 17.5 Å². The highest BCUT2D eigenvalue weighted by atomic mass is 32.2. The van der Waals surface area contributed by atoms with Crippen molar-refractivity contribution < 1.29 is 18.0 Å². The predicted octanol–water partition coefficient (Wildman–Crippen LogP) is 5.20. The van der Waals surface area contributed by atoms with Crippen molar-refractivity contribution in [3.63, 3.8) is 0 Å². The number of hydrazone groups is 1. The van der Waals surface area contributed by atoms with Crippen LogP contribution in [0.4, 0.5) is 13.2 Å². The maximum absolute atomic E-state index is 12.8. The highest BCUT2D eigenvalue weighted by molar-refractivity contribution is 7.99. The molecule has 0 fully saturated rings. The third kappa shape index (κ3) is 5.70. The van der Waals surface area contributed by atoms with Crippen LogP contribution in [0, 0.1) is 0 Å². The van der Waals surface area contributed by atoms with E-state index in [1.807, 2.05) is 65.2 Å². The quantitative estimate of drug-likeness (QED) is 0.224. The molecule has 0 aliphatic heterocycles. The van der Waals surface area contributed by atoms with Gasteiger partial charge in [-0.1, -0.05) is 72.4 Å². The number of alkyl halides is 3. The summed E-state index contributed by atoms with van der Waals surface area (Å²) in [7, 11) is 0. The number of benzene rings is 3. The van der Waals surface area contributed by atoms with Crippen molar-refractivity contribution in [3.8, 4) is 17.1 Å². The molecule has 0 atom stereocenters. The maximum Gasteiger partial charge on any atom is 0.416 e. The van der Waals surface area contributed by atoms with Gasteiger partial charge in [-0.25, -0.2) is 5.43 Å². The predicted molar refractivity (Wildman–Crippen MR) is 125 cm³/mol. The van der Waals surface area contributed by atoms with Crippen LogP contribution in [0.1, 0.15) is 11.1 Å². The van der Waals surface area contributed by atoms with Gasteiger partial charge in [0.1, 0.15) is 0 Å². The van der Waals surface area contributed by atoms with Crippen molar-refractivity contribution in [2.75, 3.05) is 5.75 Å². The molecule has 1 heterocycles. The zero-order chi connectivity index (χ0) is 24.0. The molecule has 1 aromatic heterocycles. The first kappa shape index (κ1) is 23.2. The first-order chi connectivity index (χ1) is 16.4. The van der Waals surface area contributed by atoms with Gasteiger partial charge in [0, 0.05) is 11.3 Å². The Labute approximate surface area is 197 Å². The number of thioether (sulfide) groups is 1. The molecule has 0 saturated carbocycles. The Morgan fingerprint density at radius 2 is 1.68 bits per heavy atom. The van der Waals surface area contributed by atoms with Gasteiger partial charge in [-0.15, -0.1) is 10.2 Å². The minimum absolute atomic E-state index is 0.0142. The summed E-state index contributed by atoms with van der Waals surface area (Å²) in [5.74, 6) is 0.189. The molecule has 3 aromatic carbocycles. The van der Waals surface area contributed by atoms with Gasteiger partial charge in [0.15, 0.2) is 11.0 Å². The standard InChI is InChI=1S/C24H18F3N5OS/c25-24(26,27)19-11-7-8-17(14-19)15-28-29-21(33)16-34-23-31-30-22(18-9-3-1-4-10-18)32(23)20-12-5-2-6-13-20/h1-15H,16H2,(H,29,33)/b28-15-. The highest BCUT2D eigenvalue weighted by Gasteiger charge is 2.30. The fourth-order valence-corrected chi connectivity index (χ4v) is 3.83. The molecule has 1 N–H and O–H groups in total. The summed E-state index contributed by atoms with van der Waals surface area (Å²) < 4.78 is 40.3. The van der Waals surface area contributed by atoms with E-state index in [0.717, 1.165) is 29.6 Å². The Balaban J connectivity index is 1.45. The molecule has 0 spiro atoms. The number of carbonyl (C=O) groups is 1. The Bertz CT molecular complexity index is 1290. The number of halogens is 3. The van der Waals surface area contributed by atoms with E-state index >= 15 is 0 Å². The van der Waals surface area contributed by atoms with Crippen LogP contribution < -0.4 is 5.43 Å². The molecule has 0 radical (unpaired) electrons. The molecule has 0 aliphatic rings. The van der Waals surface area contributed by atoms with Crippen LogP contribution in [0.5, 0.6) is 0 Å². The molecule has 34 heavy (non-hydrogen) atoms. The second-order valence-electron chi connectivity index (χ2n) is 7.05. The highest BCUT2D eigenvalue weighted by Crippen LogP contribution is 2.29. The van der Waals surface area contributed by atoms with Gasteiger partial charge in [0.25, 0.3) is 5.91 Å². The maximum atomic E-state index is 12.8. The van der Waals surface area contributed by atoms with Crippen molar-refractivity contribution >= 4 is 23.9 Å². The van der Waals surface area contributed by atoms with Crippen molar-refractivity contribution in [1.29, 1.82) is 0 Å². The van der Waals surface area contributed by atoms with E-state index in [9.17, 15) is 18.0 Å². The second-order valence-corrected chi connectivity index (χ2v) is 7.99. The number of para-hydroxylation sites is 1. The molecular formula is C24H18F3N5OS. The molecule has 0 saturated heterocycles. The first-order valence-corrected chi connectivity index (χ1v) is 11.1. The number of carbonyl (C=O) groups excluding carboxylic acids is 1. The zero-order valence-corrected chi connectivity index (χ0v) is 18.4. The van der Waals surface area contributed by atoms with E-state index in [1.54, 1.807) is 0 Å². The summed E-state index contributed by atoms with van der Waals surface area (Å²) in [6.07, 6.45) is -3.28. The first-order valence-electron chi connectivity index (χ1n) is 10.1. The van der Waals surface area contributed by atoms with E-state index < -0.39 is 17.6 Å². The normalized spacial score (nSPS) is 11.6. The van der Waals surface area contributed by atoms with Crippen LogP contribution in [-0.4, -0.2) is 32.6 Å². The van der Waals surface area contributed by atoms with Crippen molar-refractivity contribution in [3.05, 3.63) is 96.1 Å². The summed E-state index contributed by atoms with van der Waals surface area (Å²) in [6, 6.07) is 23.8. The molecule has 172 valence electrons. The summed E-state index contributed by atoms with van der Waals surface area (Å²) in [4.78, 5) is 12.3. The number of aromatic nitrogens is 3. The van der Waals surface area contributed by atoms with E-state index in [4.69, 9.17) is 0 Å². The molecule has 4 rings (SSSR count). The van der Waals surface area contributed by atoms with Crippen molar-refractivity contribution in [2.24, 2.45) is 5.10 Å². The van der Waals surface area contributed by atoms with E-state index in [1.165, 1.54) is 23.9 Å². The second kappa shape index (κ2) is 10.3. The van der Waals surface area contributed by atoms with Crippen molar-refractivity contribution in [2.45, 2.75) is 11.3 Å². The monoisotopic (exact) mass is 481 g/mol. The zero-order valence-electron chi connectivity index (χ0n) is 17.6. The van der Waals surface area contributed by atoms with Gasteiger partial charge in [0.2, 0.25) is 0 Å². The van der Waals surface area contributed by atoms with Crippen molar-refractivity contribution in [1.82, 2.24) is 20.2 Å². The minimum Gasteiger partial charge on any atom is -0.272 e. The molecule has 0 aliphatic carbocycles. The Morgan fingerprint density at radius 3 is 2.38 bits per heavy atom. The van der Waals surface area contributed by atoms with Crippen LogP contribution in [0.15, 0.2) is 95.2 Å². The minimum atomic E-state index is -4.45. The van der Waals surface area contributed by atoms with Gasteiger partial charge in [-0.2, -0.15) is 18.3 Å². The number of amides is 1. The average molecular weight is 482 g/mol. The Hall–Kier alpha value is -3.92. The number of nitrogens with one attached hydrogen (secondary N) is 1. The lowest BCUT2D eigenvalue weighted by Crippen LogP contribution is -2.20. The summed E-state index contributed by atoms with van der Waals surface area (Å²) in [6.45, 7) is 0. The topological polar surface area (TPSA) is 72.2 Å². The largest absolute Gasteiger partial charge is 0.416 e. The number of nitrogens with zero attached hydrogens (tertiary/aromatic N) is 4. The lowest BCUT2D eigenvalue weighted by molar-refractivity contribution is -0.137. The third-order valence-corrected chi connectivity index (χ3v) is 5.56. The van der Waals surface area contributed by atoms with Gasteiger partial charge in [-0.05, 0) is 29.8 Å². The van der Waals surface area contributed by atoms with Gasteiger partial charge < -0.3 is 0 Å². The Kier molecular flexibility index (Phi) is 7.07. The smallest absolute Gasteiger partial charge is 0.272 e. The number of rotatable bonds is 7. The lowest BCUT2D eigenvalue weighted by Gasteiger charge is -2.10. The van der Waals surface area contributed by atoms with Crippen LogP contribution in [0.3, 0.4) is 0 Å². The van der Waals surface area contributed by atoms with Crippen LogP contribution in [0.25, 0.3) is 17.1 Å². The molecule has 4 aromatic rings. The molecule has 6 nitrogen and oxygen atoms in total. The molecule has 1 amide bonds. The fourth-order valence-electron chi connectivity index (χ4n) is 3.08. The molecule has 0 unspecified atom stereocenters. The van der Waals surface area contributed by atoms with E-state index in [2.05, 4.69) is 20.7 Å². The number of hydrogen-bond acceptors (Lipinski definition) is 5. The van der Waals surface area contributed by atoms with Gasteiger partial charge in [-0.3, -0.25) is 9.36 Å². The Morgan fingerprint density at radius 1 is 0.971 bits per heavy atom. The summed E-state index contributed by atoms with van der Waals surface area (Å²) >= 11 is 1.17.